The molecule has 10 heteroatoms. The van der Waals surface area contributed by atoms with Crippen LogP contribution in [0.2, 0.25) is 0 Å². The Morgan fingerprint density at radius 2 is 1.55 bits per heavy atom. The molecule has 3 fully saturated rings. The van der Waals surface area contributed by atoms with Gasteiger partial charge in [0.2, 0.25) is 12.1 Å². The van der Waals surface area contributed by atoms with Gasteiger partial charge in [-0.1, -0.05) is 42.5 Å². The van der Waals surface area contributed by atoms with Gasteiger partial charge in [-0.3, -0.25) is 19.3 Å². The second-order valence-corrected chi connectivity index (χ2v) is 11.7. The maximum Gasteiger partial charge on any atom is 0.321 e. The third-order valence-electron chi connectivity index (χ3n) is 8.70. The van der Waals surface area contributed by atoms with Crippen LogP contribution in [0.1, 0.15) is 54.1 Å². The predicted molar refractivity (Wildman–Crippen MR) is 165 cm³/mol. The van der Waals surface area contributed by atoms with Gasteiger partial charge in [-0.2, -0.15) is 0 Å². The Hall–Kier alpha value is -4.86. The highest BCUT2D eigenvalue weighted by Gasteiger charge is 2.37. The van der Waals surface area contributed by atoms with Crippen molar-refractivity contribution in [1.29, 1.82) is 0 Å². The first-order valence-electron chi connectivity index (χ1n) is 15.0. The molecule has 4 amide bonds. The van der Waals surface area contributed by atoms with Crippen LogP contribution in [0.25, 0.3) is 0 Å². The van der Waals surface area contributed by atoms with Crippen molar-refractivity contribution >= 4 is 40.7 Å². The molecule has 9 nitrogen and oxygen atoms in total. The number of Topliss-reactive ketones (excluding diaryl/α,β-unsaturated/α-hetero) is 1. The highest BCUT2D eigenvalue weighted by Crippen LogP contribution is 2.34. The summed E-state index contributed by atoms with van der Waals surface area (Å²) in [6.45, 7) is 2.51. The largest absolute Gasteiger partial charge is 0.341 e. The Kier molecular flexibility index (Phi) is 8.23. The fourth-order valence-corrected chi connectivity index (χ4v) is 6.40. The molecular weight excluding hydrogens is 561 g/mol. The molecule has 1 unspecified atom stereocenters. The van der Waals surface area contributed by atoms with Crippen molar-refractivity contribution in [3.63, 3.8) is 0 Å². The number of amides is 4. The first-order chi connectivity index (χ1) is 21.3. The number of carbonyl (C=O) groups is 4. The lowest BCUT2D eigenvalue weighted by Gasteiger charge is -2.29. The fraction of sp³-hybridized carbons (Fsp3) is 0.324. The SMILES string of the molecule is CC(=O)c1cccc(NC(=O)NC2N=C(c3ccccc3F)c3ccccc3N(CC(=O)N3CC4CCC(CC4)C3)C2=O)c1. The minimum absolute atomic E-state index is 0.159. The lowest BCUT2D eigenvalue weighted by atomic mass is 9.84. The van der Waals surface area contributed by atoms with Crippen molar-refractivity contribution in [2.75, 3.05) is 29.9 Å². The Morgan fingerprint density at radius 3 is 2.23 bits per heavy atom. The molecule has 44 heavy (non-hydrogen) atoms. The van der Waals surface area contributed by atoms with Gasteiger partial charge in [-0.15, -0.1) is 0 Å². The van der Waals surface area contributed by atoms with E-state index < -0.39 is 23.9 Å². The molecular formula is C34H34FN5O4. The summed E-state index contributed by atoms with van der Waals surface area (Å²) >= 11 is 0. The highest BCUT2D eigenvalue weighted by molar-refractivity contribution is 6.21. The van der Waals surface area contributed by atoms with Crippen LogP contribution in [0.5, 0.6) is 0 Å². The van der Waals surface area contributed by atoms with Crippen LogP contribution >= 0.6 is 0 Å². The molecule has 1 saturated carbocycles. The molecule has 4 aliphatic rings. The average molecular weight is 596 g/mol. The van der Waals surface area contributed by atoms with E-state index in [2.05, 4.69) is 15.6 Å². The first-order valence-corrected chi connectivity index (χ1v) is 15.0. The van der Waals surface area contributed by atoms with E-state index >= 15 is 4.39 Å². The molecule has 1 atom stereocenters. The molecule has 1 aliphatic carbocycles. The molecule has 3 heterocycles. The number of hydrogen-bond acceptors (Lipinski definition) is 5. The van der Waals surface area contributed by atoms with Crippen LogP contribution in [0.4, 0.5) is 20.6 Å². The molecule has 3 aromatic carbocycles. The average Bonchev–Trinajstić information content (AvgIpc) is 3.40. The third-order valence-corrected chi connectivity index (χ3v) is 8.70. The van der Waals surface area contributed by atoms with Crippen LogP contribution in [-0.2, 0) is 9.59 Å². The van der Waals surface area contributed by atoms with Crippen LogP contribution in [-0.4, -0.2) is 60.0 Å². The number of para-hydroxylation sites is 1. The van der Waals surface area contributed by atoms with Crippen molar-refractivity contribution in [1.82, 2.24) is 10.2 Å². The Morgan fingerprint density at radius 1 is 0.886 bits per heavy atom. The molecule has 3 aromatic rings. The number of ketones is 1. The second kappa shape index (κ2) is 12.4. The summed E-state index contributed by atoms with van der Waals surface area (Å²) in [4.78, 5) is 60.8. The molecule has 0 aromatic heterocycles. The zero-order chi connectivity index (χ0) is 30.8. The number of nitrogens with one attached hydrogen (secondary N) is 2. The number of nitrogens with zero attached hydrogens (tertiary/aromatic N) is 3. The summed E-state index contributed by atoms with van der Waals surface area (Å²) in [6, 6.07) is 18.7. The van der Waals surface area contributed by atoms with Crippen LogP contribution in [0, 0.1) is 17.7 Å². The summed E-state index contributed by atoms with van der Waals surface area (Å²) in [6.07, 6.45) is 2.96. The molecule has 226 valence electrons. The standard InChI is InChI=1S/C34H34FN5O4/c1-21(41)24-7-6-8-25(17-24)36-34(44)38-32-33(43)40(20-30(42)39-18-22-13-14-23(19-39)16-15-22)29-12-5-3-10-27(29)31(37-32)26-9-2-4-11-28(26)35/h2-12,17,22-23,32H,13-16,18-20H2,1H3,(H2,36,38,44). The minimum Gasteiger partial charge on any atom is -0.341 e. The van der Waals surface area contributed by atoms with E-state index in [-0.39, 0.29) is 29.5 Å². The number of aliphatic imine (C=N–C) groups is 1. The summed E-state index contributed by atoms with van der Waals surface area (Å²) in [5, 5.41) is 5.27. The third kappa shape index (κ3) is 6.10. The molecule has 2 saturated heterocycles. The number of fused-ring (bicyclic) bond motifs is 5. The lowest BCUT2D eigenvalue weighted by molar-refractivity contribution is -0.132. The van der Waals surface area contributed by atoms with Gasteiger partial charge in [0.05, 0.1) is 11.4 Å². The molecule has 7 rings (SSSR count). The number of benzodiazepines with no additional fused rings is 1. The highest BCUT2D eigenvalue weighted by atomic mass is 19.1. The smallest absolute Gasteiger partial charge is 0.321 e. The summed E-state index contributed by atoms with van der Waals surface area (Å²) in [5.74, 6) is -0.584. The fourth-order valence-electron chi connectivity index (χ4n) is 6.40. The van der Waals surface area contributed by atoms with E-state index in [1.54, 1.807) is 60.7 Å². The van der Waals surface area contributed by atoms with Crippen molar-refractivity contribution in [3.8, 4) is 0 Å². The van der Waals surface area contributed by atoms with Crippen LogP contribution < -0.4 is 15.5 Å². The van der Waals surface area contributed by atoms with Gasteiger partial charge in [0.25, 0.3) is 5.91 Å². The zero-order valence-corrected chi connectivity index (χ0v) is 24.5. The van der Waals surface area contributed by atoms with Gasteiger partial charge < -0.3 is 15.5 Å². The zero-order valence-electron chi connectivity index (χ0n) is 24.5. The van der Waals surface area contributed by atoms with Crippen molar-refractivity contribution < 1.29 is 23.6 Å². The van der Waals surface area contributed by atoms with Gasteiger partial charge in [-0.05, 0) is 74.8 Å². The van der Waals surface area contributed by atoms with Gasteiger partial charge in [0.15, 0.2) is 5.78 Å². The van der Waals surface area contributed by atoms with Gasteiger partial charge >= 0.3 is 6.03 Å². The number of benzene rings is 3. The summed E-state index contributed by atoms with van der Waals surface area (Å²) in [7, 11) is 0. The molecule has 2 N–H and O–H groups in total. The van der Waals surface area contributed by atoms with E-state index in [9.17, 15) is 19.2 Å². The van der Waals surface area contributed by atoms with Crippen LogP contribution in [0.3, 0.4) is 0 Å². The molecule has 2 bridgehead atoms. The number of hydrogen-bond donors (Lipinski definition) is 2. The number of halogens is 1. The van der Waals surface area contributed by atoms with E-state index in [0.717, 1.165) is 25.7 Å². The topological polar surface area (TPSA) is 111 Å². The quantitative estimate of drug-likeness (QED) is 0.391. The van der Waals surface area contributed by atoms with Gasteiger partial charge in [0, 0.05) is 35.5 Å². The number of anilines is 2. The first kappa shape index (κ1) is 29.2. The molecule has 3 aliphatic heterocycles. The van der Waals surface area contributed by atoms with Crippen molar-refractivity contribution in [2.24, 2.45) is 16.8 Å². The number of rotatable bonds is 6. The molecule has 0 spiro atoms. The second-order valence-electron chi connectivity index (χ2n) is 11.7. The minimum atomic E-state index is -1.47. The van der Waals surface area contributed by atoms with E-state index in [1.165, 1.54) is 24.0 Å². The van der Waals surface area contributed by atoms with Gasteiger partial charge in [0.1, 0.15) is 12.4 Å². The normalized spacial score (nSPS) is 21.1. The van der Waals surface area contributed by atoms with Crippen LogP contribution in [0.15, 0.2) is 77.8 Å². The Bertz CT molecular complexity index is 1630. The summed E-state index contributed by atoms with van der Waals surface area (Å²) < 4.78 is 15.2. The van der Waals surface area contributed by atoms with E-state index in [1.807, 2.05) is 4.90 Å². The maximum atomic E-state index is 15.2. The van der Waals surface area contributed by atoms with E-state index in [4.69, 9.17) is 0 Å². The summed E-state index contributed by atoms with van der Waals surface area (Å²) in [5.41, 5.74) is 1.97. The lowest BCUT2D eigenvalue weighted by Crippen LogP contribution is -2.51. The van der Waals surface area contributed by atoms with Crippen molar-refractivity contribution in [2.45, 2.75) is 38.8 Å². The monoisotopic (exact) mass is 595 g/mol. The molecule has 0 radical (unpaired) electrons. The van der Waals surface area contributed by atoms with E-state index in [0.29, 0.717) is 47.4 Å². The number of urea groups is 1. The van der Waals surface area contributed by atoms with Crippen molar-refractivity contribution in [3.05, 3.63) is 95.3 Å². The number of carbonyl (C=O) groups excluding carboxylic acids is 4. The Labute approximate surface area is 255 Å². The van der Waals surface area contributed by atoms with Gasteiger partial charge in [-0.25, -0.2) is 14.2 Å². The Balaban J connectivity index is 1.34. The maximum absolute atomic E-state index is 15.2. The predicted octanol–water partition coefficient (Wildman–Crippen LogP) is 5.01.